The molecule has 116 valence electrons. The SMILES string of the molecule is CCc1ccc(NC(=O)N2CCCC(C(F)(F)F)C2)cc1. The number of nitrogens with one attached hydrogen (secondary N) is 1. The Bertz CT molecular complexity index is 485. The van der Waals surface area contributed by atoms with Gasteiger partial charge in [0.2, 0.25) is 0 Å². The third kappa shape index (κ3) is 4.12. The lowest BCUT2D eigenvalue weighted by atomic mass is 9.98. The fourth-order valence-corrected chi connectivity index (χ4v) is 2.46. The van der Waals surface area contributed by atoms with Crippen LogP contribution in [0, 0.1) is 5.92 Å². The summed E-state index contributed by atoms with van der Waals surface area (Å²) in [6, 6.07) is 6.85. The predicted octanol–water partition coefficient (Wildman–Crippen LogP) is 4.06. The summed E-state index contributed by atoms with van der Waals surface area (Å²) in [7, 11) is 0. The number of piperidine rings is 1. The molecule has 0 radical (unpaired) electrons. The van der Waals surface area contributed by atoms with E-state index < -0.39 is 18.1 Å². The van der Waals surface area contributed by atoms with Crippen molar-refractivity contribution in [3.8, 4) is 0 Å². The summed E-state index contributed by atoms with van der Waals surface area (Å²) in [5.74, 6) is -1.42. The number of alkyl halides is 3. The molecule has 0 aromatic heterocycles. The Morgan fingerprint density at radius 1 is 1.33 bits per heavy atom. The number of anilines is 1. The molecule has 2 rings (SSSR count). The molecule has 3 nitrogen and oxygen atoms in total. The molecule has 1 aliphatic heterocycles. The summed E-state index contributed by atoms with van der Waals surface area (Å²) in [6.45, 7) is 2.13. The molecular weight excluding hydrogens is 281 g/mol. The number of carbonyl (C=O) groups is 1. The molecule has 2 amide bonds. The van der Waals surface area contributed by atoms with Gasteiger partial charge in [0, 0.05) is 18.8 Å². The molecule has 0 spiro atoms. The van der Waals surface area contributed by atoms with Crippen LogP contribution in [0.5, 0.6) is 0 Å². The zero-order chi connectivity index (χ0) is 15.5. The summed E-state index contributed by atoms with van der Waals surface area (Å²) >= 11 is 0. The highest BCUT2D eigenvalue weighted by Crippen LogP contribution is 2.33. The number of rotatable bonds is 2. The maximum Gasteiger partial charge on any atom is 0.393 e. The van der Waals surface area contributed by atoms with Crippen molar-refractivity contribution in [3.05, 3.63) is 29.8 Å². The van der Waals surface area contributed by atoms with Gasteiger partial charge >= 0.3 is 12.2 Å². The van der Waals surface area contributed by atoms with E-state index >= 15 is 0 Å². The van der Waals surface area contributed by atoms with Gasteiger partial charge in [0.15, 0.2) is 0 Å². The Morgan fingerprint density at radius 3 is 2.57 bits per heavy atom. The molecule has 1 heterocycles. The lowest BCUT2D eigenvalue weighted by Crippen LogP contribution is -2.46. The zero-order valence-corrected chi connectivity index (χ0v) is 11.9. The van der Waals surface area contributed by atoms with E-state index in [1.165, 1.54) is 4.90 Å². The van der Waals surface area contributed by atoms with Gasteiger partial charge in [-0.05, 0) is 37.0 Å². The van der Waals surface area contributed by atoms with Crippen molar-refractivity contribution in [2.75, 3.05) is 18.4 Å². The van der Waals surface area contributed by atoms with Gasteiger partial charge in [-0.1, -0.05) is 19.1 Å². The minimum Gasteiger partial charge on any atom is -0.324 e. The summed E-state index contributed by atoms with van der Waals surface area (Å²) in [6.07, 6.45) is -2.86. The molecule has 21 heavy (non-hydrogen) atoms. The van der Waals surface area contributed by atoms with Crippen LogP contribution in [0.1, 0.15) is 25.3 Å². The minimum atomic E-state index is -4.23. The van der Waals surface area contributed by atoms with Crippen LogP contribution in [0.2, 0.25) is 0 Å². The first-order valence-corrected chi connectivity index (χ1v) is 7.11. The Hall–Kier alpha value is -1.72. The Labute approximate surface area is 122 Å². The van der Waals surface area contributed by atoms with Crippen molar-refractivity contribution in [2.45, 2.75) is 32.4 Å². The van der Waals surface area contributed by atoms with Gasteiger partial charge in [0.25, 0.3) is 0 Å². The number of amides is 2. The second-order valence-corrected chi connectivity index (χ2v) is 5.31. The van der Waals surface area contributed by atoms with Crippen molar-refractivity contribution >= 4 is 11.7 Å². The Kier molecular flexibility index (Phi) is 4.75. The molecule has 1 saturated heterocycles. The second kappa shape index (κ2) is 6.37. The quantitative estimate of drug-likeness (QED) is 0.878. The summed E-state index contributed by atoms with van der Waals surface area (Å²) in [5, 5.41) is 2.65. The monoisotopic (exact) mass is 300 g/mol. The molecule has 1 unspecified atom stereocenters. The third-order valence-corrected chi connectivity index (χ3v) is 3.78. The first kappa shape index (κ1) is 15.7. The van der Waals surface area contributed by atoms with E-state index in [-0.39, 0.29) is 13.0 Å². The van der Waals surface area contributed by atoms with Crippen LogP contribution in [0.3, 0.4) is 0 Å². The molecule has 1 aromatic carbocycles. The number of urea groups is 1. The summed E-state index contributed by atoms with van der Waals surface area (Å²) < 4.78 is 38.2. The highest BCUT2D eigenvalue weighted by molar-refractivity contribution is 5.89. The van der Waals surface area contributed by atoms with Crippen molar-refractivity contribution in [2.24, 2.45) is 5.92 Å². The smallest absolute Gasteiger partial charge is 0.324 e. The second-order valence-electron chi connectivity index (χ2n) is 5.31. The molecule has 1 N–H and O–H groups in total. The number of halogens is 3. The van der Waals surface area contributed by atoms with Crippen LogP contribution in [0.25, 0.3) is 0 Å². The zero-order valence-electron chi connectivity index (χ0n) is 11.9. The third-order valence-electron chi connectivity index (χ3n) is 3.78. The maximum atomic E-state index is 12.7. The average Bonchev–Trinajstić information content (AvgIpc) is 2.47. The summed E-state index contributed by atoms with van der Waals surface area (Å²) in [4.78, 5) is 13.3. The van der Waals surface area contributed by atoms with E-state index in [0.717, 1.165) is 12.0 Å². The first-order chi connectivity index (χ1) is 9.90. The molecule has 6 heteroatoms. The standard InChI is InChI=1S/C15H19F3N2O/c1-2-11-5-7-13(8-6-11)19-14(21)20-9-3-4-12(10-20)15(16,17)18/h5-8,12H,2-4,9-10H2,1H3,(H,19,21). The number of hydrogen-bond acceptors (Lipinski definition) is 1. The number of aryl methyl sites for hydroxylation is 1. The van der Waals surface area contributed by atoms with Gasteiger partial charge in [0.05, 0.1) is 5.92 Å². The van der Waals surface area contributed by atoms with Gasteiger partial charge in [-0.25, -0.2) is 4.79 Å². The fourth-order valence-electron chi connectivity index (χ4n) is 2.46. The molecule has 1 atom stereocenters. The van der Waals surface area contributed by atoms with E-state index in [4.69, 9.17) is 0 Å². The van der Waals surface area contributed by atoms with E-state index in [1.54, 1.807) is 12.1 Å². The fraction of sp³-hybridized carbons (Fsp3) is 0.533. The van der Waals surface area contributed by atoms with Gasteiger partial charge in [0.1, 0.15) is 0 Å². The van der Waals surface area contributed by atoms with Crippen LogP contribution in [-0.4, -0.2) is 30.2 Å². The molecule has 0 aliphatic carbocycles. The molecule has 1 aromatic rings. The van der Waals surface area contributed by atoms with Crippen LogP contribution in [0.4, 0.5) is 23.7 Å². The van der Waals surface area contributed by atoms with E-state index in [9.17, 15) is 18.0 Å². The first-order valence-electron chi connectivity index (χ1n) is 7.11. The lowest BCUT2D eigenvalue weighted by molar-refractivity contribution is -0.183. The number of benzene rings is 1. The molecular formula is C15H19F3N2O. The van der Waals surface area contributed by atoms with Crippen molar-refractivity contribution in [1.82, 2.24) is 4.90 Å². The predicted molar refractivity (Wildman–Crippen MR) is 75.2 cm³/mol. The lowest BCUT2D eigenvalue weighted by Gasteiger charge is -2.33. The van der Waals surface area contributed by atoms with Crippen LogP contribution in [-0.2, 0) is 6.42 Å². The Morgan fingerprint density at radius 2 is 2.00 bits per heavy atom. The maximum absolute atomic E-state index is 12.7. The molecule has 1 aliphatic rings. The highest BCUT2D eigenvalue weighted by atomic mass is 19.4. The van der Waals surface area contributed by atoms with Crippen molar-refractivity contribution in [1.29, 1.82) is 0 Å². The van der Waals surface area contributed by atoms with E-state index in [2.05, 4.69) is 5.32 Å². The molecule has 1 fully saturated rings. The van der Waals surface area contributed by atoms with E-state index in [0.29, 0.717) is 18.7 Å². The molecule has 0 saturated carbocycles. The average molecular weight is 300 g/mol. The summed E-state index contributed by atoms with van der Waals surface area (Å²) in [5.41, 5.74) is 1.74. The minimum absolute atomic E-state index is 0.0957. The van der Waals surface area contributed by atoms with Gasteiger partial charge < -0.3 is 10.2 Å². The Balaban J connectivity index is 1.96. The number of carbonyl (C=O) groups excluding carboxylic acids is 1. The van der Waals surface area contributed by atoms with Gasteiger partial charge in [-0.15, -0.1) is 0 Å². The number of likely N-dealkylation sites (tertiary alicyclic amines) is 1. The number of hydrogen-bond donors (Lipinski definition) is 1. The topological polar surface area (TPSA) is 32.3 Å². The number of nitrogens with zero attached hydrogens (tertiary/aromatic N) is 1. The van der Waals surface area contributed by atoms with E-state index in [1.807, 2.05) is 19.1 Å². The largest absolute Gasteiger partial charge is 0.393 e. The highest BCUT2D eigenvalue weighted by Gasteiger charge is 2.42. The normalized spacial score (nSPS) is 19.4. The molecule has 0 bridgehead atoms. The van der Waals surface area contributed by atoms with Crippen LogP contribution >= 0.6 is 0 Å². The van der Waals surface area contributed by atoms with Gasteiger partial charge in [-0.3, -0.25) is 0 Å². The van der Waals surface area contributed by atoms with Crippen molar-refractivity contribution < 1.29 is 18.0 Å². The van der Waals surface area contributed by atoms with Crippen LogP contribution in [0.15, 0.2) is 24.3 Å². The van der Waals surface area contributed by atoms with Crippen molar-refractivity contribution in [3.63, 3.8) is 0 Å². The van der Waals surface area contributed by atoms with Crippen LogP contribution < -0.4 is 5.32 Å². The van der Waals surface area contributed by atoms with Gasteiger partial charge in [-0.2, -0.15) is 13.2 Å².